The van der Waals surface area contributed by atoms with E-state index in [9.17, 15) is 0 Å². The standard InChI is InChI=1S/C14H14N2S/c1-10-5-6-13(11(2)8-10)14-16-12(9-17-14)4-3-7-15/h5-6,8-9H,3-4H2,1-2H3. The number of benzene rings is 1. The lowest BCUT2D eigenvalue weighted by Gasteiger charge is -2.02. The van der Waals surface area contributed by atoms with E-state index in [2.05, 4.69) is 43.1 Å². The number of hydrogen-bond donors (Lipinski definition) is 0. The Balaban J connectivity index is 2.28. The first-order chi connectivity index (χ1) is 8.20. The smallest absolute Gasteiger partial charge is 0.123 e. The van der Waals surface area contributed by atoms with Crippen LogP contribution in [0.4, 0.5) is 0 Å². The van der Waals surface area contributed by atoms with Crippen molar-refractivity contribution in [3.63, 3.8) is 0 Å². The molecule has 2 aromatic rings. The van der Waals surface area contributed by atoms with Crippen molar-refractivity contribution in [3.8, 4) is 16.6 Å². The molecule has 0 spiro atoms. The van der Waals surface area contributed by atoms with E-state index < -0.39 is 0 Å². The van der Waals surface area contributed by atoms with Gasteiger partial charge in [-0.15, -0.1) is 11.3 Å². The van der Waals surface area contributed by atoms with Crippen molar-refractivity contribution >= 4 is 11.3 Å². The van der Waals surface area contributed by atoms with Gasteiger partial charge >= 0.3 is 0 Å². The summed E-state index contributed by atoms with van der Waals surface area (Å²) in [5, 5.41) is 11.7. The van der Waals surface area contributed by atoms with Crippen molar-refractivity contribution in [3.05, 3.63) is 40.4 Å². The van der Waals surface area contributed by atoms with E-state index in [1.165, 1.54) is 16.7 Å². The van der Waals surface area contributed by atoms with Crippen molar-refractivity contribution in [2.75, 3.05) is 0 Å². The predicted molar refractivity (Wildman–Crippen MR) is 71.0 cm³/mol. The average Bonchev–Trinajstić information content (AvgIpc) is 2.75. The van der Waals surface area contributed by atoms with Crippen LogP contribution >= 0.6 is 11.3 Å². The van der Waals surface area contributed by atoms with Gasteiger partial charge in [0.25, 0.3) is 0 Å². The summed E-state index contributed by atoms with van der Waals surface area (Å²) >= 11 is 1.65. The van der Waals surface area contributed by atoms with E-state index in [0.29, 0.717) is 6.42 Å². The molecule has 0 radical (unpaired) electrons. The van der Waals surface area contributed by atoms with Gasteiger partial charge in [0.15, 0.2) is 0 Å². The molecule has 0 atom stereocenters. The van der Waals surface area contributed by atoms with Crippen LogP contribution < -0.4 is 0 Å². The normalized spacial score (nSPS) is 10.2. The van der Waals surface area contributed by atoms with Gasteiger partial charge in [0.1, 0.15) is 5.01 Å². The maximum absolute atomic E-state index is 8.55. The maximum atomic E-state index is 8.55. The Morgan fingerprint density at radius 1 is 1.35 bits per heavy atom. The molecule has 2 nitrogen and oxygen atoms in total. The number of rotatable bonds is 3. The Labute approximate surface area is 106 Å². The molecule has 0 N–H and O–H groups in total. The topological polar surface area (TPSA) is 36.7 Å². The van der Waals surface area contributed by atoms with Crippen LogP contribution in [0.5, 0.6) is 0 Å². The van der Waals surface area contributed by atoms with Gasteiger partial charge in [0.05, 0.1) is 11.8 Å². The third-order valence-corrected chi connectivity index (χ3v) is 3.58. The Morgan fingerprint density at radius 3 is 2.88 bits per heavy atom. The zero-order valence-corrected chi connectivity index (χ0v) is 10.8. The Hall–Kier alpha value is -1.66. The minimum Gasteiger partial charge on any atom is -0.241 e. The fourth-order valence-corrected chi connectivity index (χ4v) is 2.73. The van der Waals surface area contributed by atoms with Crippen LogP contribution in [0.15, 0.2) is 23.6 Å². The summed E-state index contributed by atoms with van der Waals surface area (Å²) in [6.07, 6.45) is 1.29. The molecule has 1 aromatic carbocycles. The van der Waals surface area contributed by atoms with Gasteiger partial charge in [0, 0.05) is 23.8 Å². The molecule has 1 heterocycles. The second-order valence-electron chi connectivity index (χ2n) is 4.12. The molecule has 0 saturated heterocycles. The molecule has 1 aromatic heterocycles. The van der Waals surface area contributed by atoms with Crippen LogP contribution in [0, 0.1) is 25.2 Å². The van der Waals surface area contributed by atoms with Crippen molar-refractivity contribution in [1.29, 1.82) is 5.26 Å². The summed E-state index contributed by atoms with van der Waals surface area (Å²) < 4.78 is 0. The summed E-state index contributed by atoms with van der Waals surface area (Å²) in [5.74, 6) is 0. The summed E-state index contributed by atoms with van der Waals surface area (Å²) in [6.45, 7) is 4.20. The van der Waals surface area contributed by atoms with Gasteiger partial charge in [-0.05, 0) is 19.4 Å². The summed E-state index contributed by atoms with van der Waals surface area (Å²) in [6, 6.07) is 8.55. The highest BCUT2D eigenvalue weighted by molar-refractivity contribution is 7.13. The molecule has 17 heavy (non-hydrogen) atoms. The van der Waals surface area contributed by atoms with Crippen molar-refractivity contribution in [2.24, 2.45) is 0 Å². The predicted octanol–water partition coefficient (Wildman–Crippen LogP) is 3.88. The fourth-order valence-electron chi connectivity index (χ4n) is 1.78. The van der Waals surface area contributed by atoms with Gasteiger partial charge in [-0.3, -0.25) is 0 Å². The van der Waals surface area contributed by atoms with E-state index in [1.54, 1.807) is 11.3 Å². The van der Waals surface area contributed by atoms with Crippen LogP contribution in [-0.2, 0) is 6.42 Å². The van der Waals surface area contributed by atoms with E-state index in [1.807, 2.05) is 5.38 Å². The highest BCUT2D eigenvalue weighted by atomic mass is 32.1. The number of nitriles is 1. The molecule has 2 rings (SSSR count). The molecular weight excluding hydrogens is 228 g/mol. The molecule has 0 bridgehead atoms. The third kappa shape index (κ3) is 2.72. The van der Waals surface area contributed by atoms with E-state index in [0.717, 1.165) is 17.1 Å². The fraction of sp³-hybridized carbons (Fsp3) is 0.286. The first kappa shape index (κ1) is 11.8. The lowest BCUT2D eigenvalue weighted by atomic mass is 10.1. The molecule has 0 fully saturated rings. The maximum Gasteiger partial charge on any atom is 0.123 e. The molecule has 86 valence electrons. The second kappa shape index (κ2) is 5.11. The van der Waals surface area contributed by atoms with Crippen LogP contribution in [0.3, 0.4) is 0 Å². The molecule has 0 aliphatic heterocycles. The molecule has 0 saturated carbocycles. The van der Waals surface area contributed by atoms with E-state index >= 15 is 0 Å². The highest BCUT2D eigenvalue weighted by Gasteiger charge is 2.07. The highest BCUT2D eigenvalue weighted by Crippen LogP contribution is 2.27. The molecular formula is C14H14N2S. The first-order valence-corrected chi connectivity index (χ1v) is 6.47. The minimum atomic E-state index is 0.538. The van der Waals surface area contributed by atoms with Gasteiger partial charge in [0.2, 0.25) is 0 Å². The lowest BCUT2D eigenvalue weighted by Crippen LogP contribution is -1.86. The van der Waals surface area contributed by atoms with Crippen LogP contribution in [0.1, 0.15) is 23.2 Å². The lowest BCUT2D eigenvalue weighted by molar-refractivity contribution is 0.969. The molecule has 3 heteroatoms. The zero-order chi connectivity index (χ0) is 12.3. The number of aromatic nitrogens is 1. The Bertz CT molecular complexity index is 564. The SMILES string of the molecule is Cc1ccc(-c2nc(CCC#N)cs2)c(C)c1. The molecule has 0 amide bonds. The van der Waals surface area contributed by atoms with Gasteiger partial charge in [-0.2, -0.15) is 5.26 Å². The Morgan fingerprint density at radius 2 is 2.18 bits per heavy atom. The molecule has 0 aliphatic carbocycles. The summed E-state index contributed by atoms with van der Waals surface area (Å²) in [4.78, 5) is 4.58. The molecule has 0 unspecified atom stereocenters. The van der Waals surface area contributed by atoms with E-state index in [-0.39, 0.29) is 0 Å². The minimum absolute atomic E-state index is 0.538. The number of aryl methyl sites for hydroxylation is 3. The number of hydrogen-bond acceptors (Lipinski definition) is 3. The van der Waals surface area contributed by atoms with Crippen molar-refractivity contribution in [1.82, 2.24) is 4.98 Å². The van der Waals surface area contributed by atoms with Gasteiger partial charge in [-0.1, -0.05) is 23.8 Å². The van der Waals surface area contributed by atoms with Crippen molar-refractivity contribution in [2.45, 2.75) is 26.7 Å². The summed E-state index contributed by atoms with van der Waals surface area (Å²) in [5.41, 5.74) is 4.74. The number of thiazole rings is 1. The van der Waals surface area contributed by atoms with Gasteiger partial charge in [-0.25, -0.2) is 4.98 Å². The van der Waals surface area contributed by atoms with E-state index in [4.69, 9.17) is 5.26 Å². The van der Waals surface area contributed by atoms with Crippen molar-refractivity contribution < 1.29 is 0 Å². The van der Waals surface area contributed by atoms with Gasteiger partial charge < -0.3 is 0 Å². The van der Waals surface area contributed by atoms with Crippen LogP contribution in [-0.4, -0.2) is 4.98 Å². The largest absolute Gasteiger partial charge is 0.241 e. The third-order valence-electron chi connectivity index (χ3n) is 2.66. The van der Waals surface area contributed by atoms with Crippen LogP contribution in [0.25, 0.3) is 10.6 Å². The Kier molecular flexibility index (Phi) is 3.55. The monoisotopic (exact) mass is 242 g/mol. The quantitative estimate of drug-likeness (QED) is 0.819. The zero-order valence-electron chi connectivity index (χ0n) is 10.0. The second-order valence-corrected chi connectivity index (χ2v) is 4.98. The first-order valence-electron chi connectivity index (χ1n) is 5.59. The molecule has 0 aliphatic rings. The number of nitrogens with zero attached hydrogens (tertiary/aromatic N) is 2. The summed E-state index contributed by atoms with van der Waals surface area (Å²) in [7, 11) is 0. The van der Waals surface area contributed by atoms with Crippen LogP contribution in [0.2, 0.25) is 0 Å². The average molecular weight is 242 g/mol.